The molecule has 2 aromatic heterocycles. The van der Waals surface area contributed by atoms with Crippen LogP contribution < -0.4 is 15.5 Å². The number of aryl methyl sites for hydroxylation is 2. The van der Waals surface area contributed by atoms with Gasteiger partial charge < -0.3 is 15.5 Å². The molecule has 7 heteroatoms. The van der Waals surface area contributed by atoms with Crippen molar-refractivity contribution in [2.45, 2.75) is 46.2 Å². The largest absolute Gasteiger partial charge is 0.363 e. The Labute approximate surface area is 176 Å². The van der Waals surface area contributed by atoms with E-state index in [-0.39, 0.29) is 18.0 Å². The molecule has 3 heterocycles. The lowest BCUT2D eigenvalue weighted by Crippen LogP contribution is -2.35. The molecule has 7 nitrogen and oxygen atoms in total. The van der Waals surface area contributed by atoms with Crippen LogP contribution in [-0.2, 0) is 4.79 Å². The summed E-state index contributed by atoms with van der Waals surface area (Å²) < 4.78 is 0. The summed E-state index contributed by atoms with van der Waals surface area (Å²) in [5, 5.41) is 7.51. The van der Waals surface area contributed by atoms with Crippen molar-refractivity contribution in [3.8, 4) is 0 Å². The number of amides is 1. The summed E-state index contributed by atoms with van der Waals surface area (Å²) in [6.45, 7) is 9.30. The predicted octanol–water partition coefficient (Wildman–Crippen LogP) is 3.53. The normalized spacial score (nSPS) is 17.2. The Hall–Kier alpha value is -3.22. The van der Waals surface area contributed by atoms with Gasteiger partial charge in [0.25, 0.3) is 0 Å². The molecule has 0 aliphatic carbocycles. The van der Waals surface area contributed by atoms with Crippen molar-refractivity contribution >= 4 is 28.4 Å². The molecular weight excluding hydrogens is 376 g/mol. The topological polar surface area (TPSA) is 83.0 Å². The van der Waals surface area contributed by atoms with Crippen LogP contribution in [0.5, 0.6) is 0 Å². The fraction of sp³-hybridized carbons (Fsp3) is 0.391. The third-order valence-electron chi connectivity index (χ3n) is 5.53. The molecule has 30 heavy (non-hydrogen) atoms. The summed E-state index contributed by atoms with van der Waals surface area (Å²) >= 11 is 0. The Bertz CT molecular complexity index is 1070. The molecule has 0 radical (unpaired) electrons. The fourth-order valence-corrected chi connectivity index (χ4v) is 3.94. The summed E-state index contributed by atoms with van der Waals surface area (Å²) in [5.41, 5.74) is 3.27. The average Bonchev–Trinajstić information content (AvgIpc) is 3.16. The third-order valence-corrected chi connectivity index (χ3v) is 5.53. The molecule has 2 atom stereocenters. The Morgan fingerprint density at radius 2 is 1.97 bits per heavy atom. The minimum Gasteiger partial charge on any atom is -0.363 e. The number of nitrogens with one attached hydrogen (secondary N) is 2. The van der Waals surface area contributed by atoms with E-state index in [1.165, 1.54) is 11.1 Å². The molecule has 1 amide bonds. The van der Waals surface area contributed by atoms with Crippen LogP contribution in [0.25, 0.3) is 10.9 Å². The van der Waals surface area contributed by atoms with Crippen LogP contribution in [0.15, 0.2) is 36.5 Å². The minimum absolute atomic E-state index is 0.00813. The molecule has 4 rings (SSSR count). The van der Waals surface area contributed by atoms with Gasteiger partial charge in [-0.05, 0) is 38.8 Å². The standard InChI is InChI=1S/C23H28N6O/c1-14-5-7-18(8-6-14)15(2)25-23-20-11-22(24-12-21(20)26-16(3)27-23)29-10-9-19(13-29)28-17(4)30/h5-8,11-12,15,19H,9-10,13H2,1-4H3,(H,28,30)(H,25,26,27)/t15?,19-/m1/s1. The number of carbonyl (C=O) groups is 1. The van der Waals surface area contributed by atoms with Gasteiger partial charge in [-0.1, -0.05) is 29.8 Å². The van der Waals surface area contributed by atoms with Crippen LogP contribution in [0, 0.1) is 13.8 Å². The number of rotatable bonds is 5. The highest BCUT2D eigenvalue weighted by atomic mass is 16.1. The number of pyridine rings is 1. The molecule has 156 valence electrons. The van der Waals surface area contributed by atoms with Gasteiger partial charge in [0.2, 0.25) is 5.91 Å². The van der Waals surface area contributed by atoms with Gasteiger partial charge in [-0.25, -0.2) is 15.0 Å². The van der Waals surface area contributed by atoms with Crippen LogP contribution in [0.4, 0.5) is 11.6 Å². The van der Waals surface area contributed by atoms with Crippen molar-refractivity contribution in [1.82, 2.24) is 20.3 Å². The first kappa shape index (κ1) is 20.1. The number of hydrogen-bond donors (Lipinski definition) is 2. The van der Waals surface area contributed by atoms with E-state index in [2.05, 4.69) is 74.7 Å². The molecule has 1 aromatic carbocycles. The van der Waals surface area contributed by atoms with Crippen LogP contribution in [0.1, 0.15) is 43.3 Å². The molecule has 0 bridgehead atoms. The first-order chi connectivity index (χ1) is 14.4. The van der Waals surface area contributed by atoms with Gasteiger partial charge in [0, 0.05) is 37.5 Å². The molecule has 1 aliphatic rings. The molecule has 3 aromatic rings. The van der Waals surface area contributed by atoms with Crippen molar-refractivity contribution < 1.29 is 4.79 Å². The van der Waals surface area contributed by atoms with Gasteiger partial charge in [-0.15, -0.1) is 0 Å². The second kappa shape index (κ2) is 8.26. The van der Waals surface area contributed by atoms with Crippen LogP contribution in [-0.4, -0.2) is 40.0 Å². The number of anilines is 2. The zero-order valence-corrected chi connectivity index (χ0v) is 17.9. The smallest absolute Gasteiger partial charge is 0.217 e. The van der Waals surface area contributed by atoms with Gasteiger partial charge in [-0.3, -0.25) is 4.79 Å². The van der Waals surface area contributed by atoms with Crippen molar-refractivity contribution in [1.29, 1.82) is 0 Å². The quantitative estimate of drug-likeness (QED) is 0.677. The summed E-state index contributed by atoms with van der Waals surface area (Å²) in [6.07, 6.45) is 2.73. The third kappa shape index (κ3) is 4.35. The van der Waals surface area contributed by atoms with Crippen molar-refractivity contribution in [3.05, 3.63) is 53.5 Å². The average molecular weight is 405 g/mol. The molecular formula is C23H28N6O. The summed E-state index contributed by atoms with van der Waals surface area (Å²) in [6, 6.07) is 10.8. The number of nitrogens with zero attached hydrogens (tertiary/aromatic N) is 4. The predicted molar refractivity (Wildman–Crippen MR) is 120 cm³/mol. The van der Waals surface area contributed by atoms with Gasteiger partial charge in [0.05, 0.1) is 11.7 Å². The Balaban J connectivity index is 1.62. The van der Waals surface area contributed by atoms with E-state index < -0.39 is 0 Å². The number of aromatic nitrogens is 3. The molecule has 0 saturated carbocycles. The SMILES string of the molecule is CC(=O)N[C@@H]1CCN(c2cc3c(NC(C)c4ccc(C)cc4)nc(C)nc3cn2)C1. The van der Waals surface area contributed by atoms with Crippen LogP contribution in [0.2, 0.25) is 0 Å². The second-order valence-electron chi connectivity index (χ2n) is 8.09. The van der Waals surface area contributed by atoms with Gasteiger partial charge >= 0.3 is 0 Å². The Morgan fingerprint density at radius 3 is 2.70 bits per heavy atom. The molecule has 0 spiro atoms. The van der Waals surface area contributed by atoms with Crippen molar-refractivity contribution in [3.63, 3.8) is 0 Å². The van der Waals surface area contributed by atoms with E-state index >= 15 is 0 Å². The summed E-state index contributed by atoms with van der Waals surface area (Å²) in [7, 11) is 0. The summed E-state index contributed by atoms with van der Waals surface area (Å²) in [4.78, 5) is 27.4. The van der Waals surface area contributed by atoms with Gasteiger partial charge in [0.1, 0.15) is 17.5 Å². The zero-order valence-electron chi connectivity index (χ0n) is 17.9. The minimum atomic E-state index is 0.00813. The number of carbonyl (C=O) groups excluding carboxylic acids is 1. The van der Waals surface area contributed by atoms with Crippen LogP contribution in [0.3, 0.4) is 0 Å². The van der Waals surface area contributed by atoms with Crippen molar-refractivity contribution in [2.75, 3.05) is 23.3 Å². The molecule has 1 unspecified atom stereocenters. The molecule has 1 saturated heterocycles. The van der Waals surface area contributed by atoms with E-state index in [1.54, 1.807) is 6.92 Å². The maximum absolute atomic E-state index is 11.4. The first-order valence-corrected chi connectivity index (χ1v) is 10.4. The van der Waals surface area contributed by atoms with Gasteiger partial charge in [-0.2, -0.15) is 0 Å². The second-order valence-corrected chi connectivity index (χ2v) is 8.09. The Morgan fingerprint density at radius 1 is 1.20 bits per heavy atom. The highest BCUT2D eigenvalue weighted by Crippen LogP contribution is 2.28. The van der Waals surface area contributed by atoms with Gasteiger partial charge in [0.15, 0.2) is 0 Å². The number of fused-ring (bicyclic) bond motifs is 1. The number of hydrogen-bond acceptors (Lipinski definition) is 6. The molecule has 1 aliphatic heterocycles. The van der Waals surface area contributed by atoms with E-state index in [9.17, 15) is 4.79 Å². The maximum Gasteiger partial charge on any atom is 0.217 e. The lowest BCUT2D eigenvalue weighted by atomic mass is 10.1. The van der Waals surface area contributed by atoms with Crippen LogP contribution >= 0.6 is 0 Å². The fourth-order valence-electron chi connectivity index (χ4n) is 3.94. The molecule has 2 N–H and O–H groups in total. The zero-order chi connectivity index (χ0) is 21.3. The highest BCUT2D eigenvalue weighted by molar-refractivity contribution is 5.90. The highest BCUT2D eigenvalue weighted by Gasteiger charge is 2.24. The molecule has 1 fully saturated rings. The van der Waals surface area contributed by atoms with Crippen molar-refractivity contribution in [2.24, 2.45) is 0 Å². The maximum atomic E-state index is 11.4. The lowest BCUT2D eigenvalue weighted by molar-refractivity contribution is -0.119. The number of benzene rings is 1. The van der Waals surface area contributed by atoms with E-state index in [1.807, 2.05) is 13.1 Å². The van der Waals surface area contributed by atoms with E-state index in [4.69, 9.17) is 0 Å². The monoisotopic (exact) mass is 404 g/mol. The van der Waals surface area contributed by atoms with E-state index in [0.29, 0.717) is 5.82 Å². The lowest BCUT2D eigenvalue weighted by Gasteiger charge is -2.20. The Kier molecular flexibility index (Phi) is 5.53. The summed E-state index contributed by atoms with van der Waals surface area (Å²) in [5.74, 6) is 2.41. The van der Waals surface area contributed by atoms with E-state index in [0.717, 1.165) is 42.0 Å². The first-order valence-electron chi connectivity index (χ1n) is 10.4.